The molecule has 0 aromatic heterocycles. The second-order valence-electron chi connectivity index (χ2n) is 2.05. The Hall–Kier alpha value is -0.0300. The van der Waals surface area contributed by atoms with Gasteiger partial charge in [-0.2, -0.15) is 0 Å². The van der Waals surface area contributed by atoms with E-state index in [0.29, 0.717) is 0 Å². The van der Waals surface area contributed by atoms with Crippen molar-refractivity contribution in [3.05, 3.63) is 0 Å². The van der Waals surface area contributed by atoms with Crippen LogP contribution in [0.4, 0.5) is 0 Å². The van der Waals surface area contributed by atoms with Crippen LogP contribution in [0.2, 0.25) is 0 Å². The summed E-state index contributed by atoms with van der Waals surface area (Å²) in [5.41, 5.74) is 2.57. The second-order valence-corrected chi connectivity index (χ2v) is 2.49. The quantitative estimate of drug-likeness (QED) is 0.557. The topological polar surface area (TPSA) is 26.3 Å². The third-order valence-corrected chi connectivity index (χ3v) is 1.18. The van der Waals surface area contributed by atoms with Crippen molar-refractivity contribution in [3.63, 3.8) is 0 Å². The summed E-state index contributed by atoms with van der Waals surface area (Å²) in [5, 5.41) is 0. The van der Waals surface area contributed by atoms with E-state index in [9.17, 15) is 4.57 Å². The molecule has 9 heavy (non-hydrogen) atoms. The zero-order chi connectivity index (χ0) is 7.28. The van der Waals surface area contributed by atoms with E-state index < -0.39 is 0 Å². The Balaban J connectivity index is 3.59. The first-order valence-corrected chi connectivity index (χ1v) is 3.71. The van der Waals surface area contributed by atoms with Crippen LogP contribution in [-0.2, 0) is 9.30 Å². The molecule has 0 aliphatic rings. The number of hydrogen-bond donors (Lipinski definition) is 0. The first-order valence-electron chi connectivity index (χ1n) is 2.90. The summed E-state index contributed by atoms with van der Waals surface area (Å²) in [6.07, 6.45) is 0.0402. The Morgan fingerprint density at radius 3 is 2.33 bits per heavy atom. The van der Waals surface area contributed by atoms with Crippen LogP contribution in [-0.4, -0.2) is 12.2 Å². The van der Waals surface area contributed by atoms with E-state index in [1.54, 1.807) is 0 Å². The third-order valence-electron chi connectivity index (χ3n) is 0.711. The van der Waals surface area contributed by atoms with Crippen LogP contribution in [0.25, 0.3) is 0 Å². The van der Waals surface area contributed by atoms with Crippen LogP contribution < -0.4 is 0 Å². The molecule has 1 unspecified atom stereocenters. The molecule has 0 radical (unpaired) electrons. The fourth-order valence-electron chi connectivity index (χ4n) is 0.513. The Morgan fingerprint density at radius 2 is 2.00 bits per heavy atom. The van der Waals surface area contributed by atoms with Gasteiger partial charge in [-0.1, -0.05) is 0 Å². The molecular weight excluding hydrogens is 135 g/mol. The molecule has 0 rings (SSSR count). The van der Waals surface area contributed by atoms with E-state index in [1.165, 1.54) is 0 Å². The van der Waals surface area contributed by atoms with Gasteiger partial charge in [0.25, 0.3) is 0 Å². The molecule has 0 aliphatic heterocycles. The standard InChI is InChI=1S/C6H11O2P/c1-5(2)8-6(3)4-9-7/h5-6H,1-3H3. The SMILES string of the molecule is CC(C)OC(C)C#P=O. The van der Waals surface area contributed by atoms with Gasteiger partial charge in [-0.3, -0.25) is 0 Å². The van der Waals surface area contributed by atoms with E-state index in [2.05, 4.69) is 5.63 Å². The average Bonchev–Trinajstić information content (AvgIpc) is 1.63. The molecule has 0 fully saturated rings. The van der Waals surface area contributed by atoms with Crippen molar-refractivity contribution >= 4 is 7.92 Å². The molecule has 0 aromatic carbocycles. The first kappa shape index (κ1) is 8.97. The maximum absolute atomic E-state index is 9.90. The van der Waals surface area contributed by atoms with Gasteiger partial charge in [-0.05, 0) is 0 Å². The van der Waals surface area contributed by atoms with E-state index in [1.807, 2.05) is 20.8 Å². The maximum atomic E-state index is 9.90. The minimum absolute atomic E-state index is 0.0803. The second kappa shape index (κ2) is 4.81. The zero-order valence-corrected chi connectivity index (χ0v) is 6.81. The Labute approximate surface area is 56.7 Å². The van der Waals surface area contributed by atoms with Crippen molar-refractivity contribution in [2.75, 3.05) is 0 Å². The summed E-state index contributed by atoms with van der Waals surface area (Å²) in [6.45, 7) is 5.67. The van der Waals surface area contributed by atoms with Gasteiger partial charge in [-0.25, -0.2) is 0 Å². The van der Waals surface area contributed by atoms with Crippen molar-refractivity contribution in [2.45, 2.75) is 33.0 Å². The van der Waals surface area contributed by atoms with Gasteiger partial charge in [-0.15, -0.1) is 0 Å². The van der Waals surface area contributed by atoms with Crippen molar-refractivity contribution in [1.82, 2.24) is 0 Å². The first-order chi connectivity index (χ1) is 4.16. The van der Waals surface area contributed by atoms with Gasteiger partial charge < -0.3 is 0 Å². The molecule has 0 amide bonds. The van der Waals surface area contributed by atoms with Crippen LogP contribution in [0, 0.1) is 5.63 Å². The molecular formula is C6H11O2P. The average molecular weight is 146 g/mol. The Kier molecular flexibility index (Phi) is 4.80. The third kappa shape index (κ3) is 5.85. The Bertz CT molecular complexity index is 157. The fourth-order valence-corrected chi connectivity index (χ4v) is 0.722. The number of rotatable bonds is 2. The summed E-state index contributed by atoms with van der Waals surface area (Å²) in [5.74, 6) is 0. The molecule has 0 saturated heterocycles. The van der Waals surface area contributed by atoms with E-state index in [-0.39, 0.29) is 20.1 Å². The zero-order valence-electron chi connectivity index (χ0n) is 5.92. The van der Waals surface area contributed by atoms with Gasteiger partial charge in [0.15, 0.2) is 0 Å². The van der Waals surface area contributed by atoms with Gasteiger partial charge in [0.1, 0.15) is 0 Å². The van der Waals surface area contributed by atoms with E-state index in [0.717, 1.165) is 0 Å². The fraction of sp³-hybridized carbons (Fsp3) is 0.833. The van der Waals surface area contributed by atoms with Crippen LogP contribution in [0.1, 0.15) is 20.8 Å². The predicted molar refractivity (Wildman–Crippen MR) is 37.2 cm³/mol. The molecule has 0 bridgehead atoms. The summed E-state index contributed by atoms with van der Waals surface area (Å²) in [6, 6.07) is 0. The molecule has 3 heteroatoms. The summed E-state index contributed by atoms with van der Waals surface area (Å²) in [7, 11) is -0.0803. The Morgan fingerprint density at radius 1 is 1.44 bits per heavy atom. The van der Waals surface area contributed by atoms with E-state index >= 15 is 0 Å². The molecule has 1 atom stereocenters. The van der Waals surface area contributed by atoms with Crippen molar-refractivity contribution in [2.24, 2.45) is 0 Å². The van der Waals surface area contributed by atoms with Crippen molar-refractivity contribution in [3.8, 4) is 5.63 Å². The predicted octanol–water partition coefficient (Wildman–Crippen LogP) is 2.05. The van der Waals surface area contributed by atoms with Crippen LogP contribution in [0.15, 0.2) is 0 Å². The minimum atomic E-state index is -0.135. The van der Waals surface area contributed by atoms with Gasteiger partial charge in [0.05, 0.1) is 0 Å². The van der Waals surface area contributed by atoms with Crippen molar-refractivity contribution in [1.29, 1.82) is 0 Å². The molecule has 0 saturated carbocycles. The summed E-state index contributed by atoms with van der Waals surface area (Å²) < 4.78 is 15.1. The molecule has 0 N–H and O–H groups in total. The van der Waals surface area contributed by atoms with Crippen LogP contribution in [0.5, 0.6) is 0 Å². The molecule has 0 spiro atoms. The van der Waals surface area contributed by atoms with Gasteiger partial charge >= 0.3 is 55.8 Å². The molecule has 0 heterocycles. The summed E-state index contributed by atoms with van der Waals surface area (Å²) >= 11 is 0. The number of hydrogen-bond acceptors (Lipinski definition) is 2. The van der Waals surface area contributed by atoms with Gasteiger partial charge in [0.2, 0.25) is 0 Å². The van der Waals surface area contributed by atoms with Crippen LogP contribution >= 0.6 is 7.92 Å². The molecule has 0 aromatic rings. The molecule has 2 nitrogen and oxygen atoms in total. The van der Waals surface area contributed by atoms with Gasteiger partial charge in [0, 0.05) is 0 Å². The number of ether oxygens (including phenoxy) is 1. The van der Waals surface area contributed by atoms with Crippen LogP contribution in [0.3, 0.4) is 0 Å². The normalized spacial score (nSPS) is 12.9. The summed E-state index contributed by atoms with van der Waals surface area (Å²) in [4.78, 5) is 0. The van der Waals surface area contributed by atoms with Crippen molar-refractivity contribution < 1.29 is 9.30 Å². The van der Waals surface area contributed by atoms with E-state index in [4.69, 9.17) is 4.74 Å². The monoisotopic (exact) mass is 146 g/mol. The molecule has 52 valence electrons. The molecule has 0 aliphatic carbocycles.